The third-order valence-corrected chi connectivity index (χ3v) is 6.12. The van der Waals surface area contributed by atoms with Gasteiger partial charge in [-0.3, -0.25) is 9.59 Å². The van der Waals surface area contributed by atoms with E-state index >= 15 is 0 Å². The highest BCUT2D eigenvalue weighted by molar-refractivity contribution is 7.89. The number of aryl methyl sites for hydroxylation is 1. The topological polar surface area (TPSA) is 92.3 Å². The molecule has 0 unspecified atom stereocenters. The van der Waals surface area contributed by atoms with E-state index in [1.807, 2.05) is 30.3 Å². The van der Waals surface area contributed by atoms with Gasteiger partial charge in [-0.2, -0.15) is 0 Å². The molecule has 31 heavy (non-hydrogen) atoms. The maximum absolute atomic E-state index is 14.6. The van der Waals surface area contributed by atoms with Crippen LogP contribution in [0.4, 0.5) is 4.39 Å². The number of rotatable bonds is 7. The van der Waals surface area contributed by atoms with Crippen molar-refractivity contribution in [2.45, 2.75) is 11.8 Å². The second-order valence-electron chi connectivity index (χ2n) is 6.88. The van der Waals surface area contributed by atoms with E-state index in [2.05, 4.69) is 10.0 Å². The zero-order chi connectivity index (χ0) is 22.6. The van der Waals surface area contributed by atoms with Crippen LogP contribution in [0.25, 0.3) is 11.1 Å². The molecule has 160 valence electrons. The lowest BCUT2D eigenvalue weighted by atomic mass is 9.98. The maximum Gasteiger partial charge on any atom is 0.251 e. The van der Waals surface area contributed by atoms with Crippen molar-refractivity contribution in [2.75, 3.05) is 13.6 Å². The van der Waals surface area contributed by atoms with Crippen LogP contribution in [-0.4, -0.2) is 33.7 Å². The van der Waals surface area contributed by atoms with Crippen molar-refractivity contribution in [3.8, 4) is 11.1 Å². The zero-order valence-electron chi connectivity index (χ0n) is 17.0. The summed E-state index contributed by atoms with van der Waals surface area (Å²) in [5, 5.41) is 2.41. The van der Waals surface area contributed by atoms with Gasteiger partial charge in [0.25, 0.3) is 5.91 Å². The number of amides is 1. The molecule has 0 aliphatic carbocycles. The van der Waals surface area contributed by atoms with Gasteiger partial charge >= 0.3 is 0 Å². The van der Waals surface area contributed by atoms with Gasteiger partial charge in [0.05, 0.1) is 17.0 Å². The highest BCUT2D eigenvalue weighted by atomic mass is 32.2. The summed E-state index contributed by atoms with van der Waals surface area (Å²) in [5.74, 6) is -1.83. The fraction of sp³-hybridized carbons (Fsp3) is 0.130. The summed E-state index contributed by atoms with van der Waals surface area (Å²) in [5.41, 5.74) is 1.72. The molecule has 3 rings (SSSR count). The lowest BCUT2D eigenvalue weighted by Gasteiger charge is -2.11. The first-order chi connectivity index (χ1) is 14.7. The van der Waals surface area contributed by atoms with Crippen molar-refractivity contribution in [2.24, 2.45) is 0 Å². The van der Waals surface area contributed by atoms with Gasteiger partial charge in [-0.25, -0.2) is 17.5 Å². The van der Waals surface area contributed by atoms with E-state index in [-0.39, 0.29) is 21.6 Å². The van der Waals surface area contributed by atoms with E-state index in [0.29, 0.717) is 5.56 Å². The number of benzene rings is 3. The van der Waals surface area contributed by atoms with Gasteiger partial charge in [0, 0.05) is 12.6 Å². The summed E-state index contributed by atoms with van der Waals surface area (Å²) < 4.78 is 42.0. The van der Waals surface area contributed by atoms with E-state index in [4.69, 9.17) is 0 Å². The Hall–Kier alpha value is -3.36. The molecule has 3 aromatic rings. The maximum atomic E-state index is 14.6. The van der Waals surface area contributed by atoms with Crippen molar-refractivity contribution < 1.29 is 22.4 Å². The molecule has 0 bridgehead atoms. The van der Waals surface area contributed by atoms with Crippen molar-refractivity contribution in [3.63, 3.8) is 0 Å². The van der Waals surface area contributed by atoms with Gasteiger partial charge in [0.2, 0.25) is 10.0 Å². The van der Waals surface area contributed by atoms with Crippen molar-refractivity contribution in [1.82, 2.24) is 10.0 Å². The molecular weight excluding hydrogens is 419 g/mol. The second kappa shape index (κ2) is 9.20. The fourth-order valence-electron chi connectivity index (χ4n) is 3.06. The number of hydrogen-bond acceptors (Lipinski definition) is 4. The van der Waals surface area contributed by atoms with E-state index in [0.717, 1.165) is 5.56 Å². The van der Waals surface area contributed by atoms with Gasteiger partial charge in [0.1, 0.15) is 5.82 Å². The summed E-state index contributed by atoms with van der Waals surface area (Å²) in [4.78, 5) is 24.2. The molecule has 0 aliphatic rings. The summed E-state index contributed by atoms with van der Waals surface area (Å²) >= 11 is 0. The Labute approximate surface area is 180 Å². The molecule has 6 nitrogen and oxygen atoms in total. The zero-order valence-corrected chi connectivity index (χ0v) is 17.8. The van der Waals surface area contributed by atoms with Crippen LogP contribution in [0.5, 0.6) is 0 Å². The normalized spacial score (nSPS) is 11.2. The molecule has 0 fully saturated rings. The van der Waals surface area contributed by atoms with E-state index in [1.165, 1.54) is 37.4 Å². The third-order valence-electron chi connectivity index (χ3n) is 4.72. The molecule has 0 aliphatic heterocycles. The van der Waals surface area contributed by atoms with Crippen molar-refractivity contribution >= 4 is 21.7 Å². The van der Waals surface area contributed by atoms with Gasteiger partial charge in [0.15, 0.2) is 5.78 Å². The van der Waals surface area contributed by atoms with E-state index < -0.39 is 34.1 Å². The molecule has 0 heterocycles. The summed E-state index contributed by atoms with van der Waals surface area (Å²) in [7, 11) is -2.66. The Kier molecular flexibility index (Phi) is 6.62. The van der Waals surface area contributed by atoms with Crippen LogP contribution in [0.3, 0.4) is 0 Å². The monoisotopic (exact) mass is 440 g/mol. The minimum absolute atomic E-state index is 0.161. The SMILES string of the molecule is CNC(=O)c1cccc(S(=O)(=O)NCC(=O)c2cc(-c3ccccc3)cc(C)c2F)c1. The number of hydrogen-bond donors (Lipinski definition) is 2. The molecule has 0 spiro atoms. The smallest absolute Gasteiger partial charge is 0.251 e. The van der Waals surface area contributed by atoms with Gasteiger partial charge in [-0.1, -0.05) is 36.4 Å². The average Bonchev–Trinajstić information content (AvgIpc) is 2.79. The second-order valence-corrected chi connectivity index (χ2v) is 8.64. The largest absolute Gasteiger partial charge is 0.355 e. The number of halogens is 1. The average molecular weight is 440 g/mol. The first-order valence-corrected chi connectivity index (χ1v) is 10.9. The van der Waals surface area contributed by atoms with Crippen molar-refractivity contribution in [1.29, 1.82) is 0 Å². The Balaban J connectivity index is 1.84. The van der Waals surface area contributed by atoms with E-state index in [1.54, 1.807) is 13.0 Å². The van der Waals surface area contributed by atoms with Crippen LogP contribution in [0.2, 0.25) is 0 Å². The Morgan fingerprint density at radius 2 is 1.65 bits per heavy atom. The first-order valence-electron chi connectivity index (χ1n) is 9.43. The lowest BCUT2D eigenvalue weighted by Crippen LogP contribution is -2.30. The third kappa shape index (κ3) is 5.04. The lowest BCUT2D eigenvalue weighted by molar-refractivity contribution is 0.0960. The van der Waals surface area contributed by atoms with Crippen molar-refractivity contribution in [3.05, 3.63) is 89.2 Å². The molecule has 0 aromatic heterocycles. The van der Waals surface area contributed by atoms with Gasteiger partial charge < -0.3 is 5.32 Å². The van der Waals surface area contributed by atoms with Gasteiger partial charge in [-0.05, 0) is 53.9 Å². The first kappa shape index (κ1) is 22.3. The van der Waals surface area contributed by atoms with Crippen LogP contribution < -0.4 is 10.0 Å². The highest BCUT2D eigenvalue weighted by Crippen LogP contribution is 2.25. The number of nitrogens with one attached hydrogen (secondary N) is 2. The fourth-order valence-corrected chi connectivity index (χ4v) is 4.09. The molecule has 3 aromatic carbocycles. The quantitative estimate of drug-likeness (QED) is 0.552. The number of sulfonamides is 1. The number of carbonyl (C=O) groups excluding carboxylic acids is 2. The Morgan fingerprint density at radius 1 is 0.935 bits per heavy atom. The molecule has 2 N–H and O–H groups in total. The summed E-state index contributed by atoms with van der Waals surface area (Å²) in [6, 6.07) is 17.6. The standard InChI is InChI=1S/C23H21FN2O4S/c1-15-11-18(16-7-4-3-5-8-16)13-20(22(15)24)21(27)14-26-31(29,30)19-10-6-9-17(12-19)23(28)25-2/h3-13,26H,14H2,1-2H3,(H,25,28). The Morgan fingerprint density at radius 3 is 2.32 bits per heavy atom. The Bertz CT molecular complexity index is 1240. The molecule has 0 radical (unpaired) electrons. The number of Topliss-reactive ketones (excluding diaryl/α,β-unsaturated/α-hetero) is 1. The highest BCUT2D eigenvalue weighted by Gasteiger charge is 2.21. The predicted octanol–water partition coefficient (Wildman–Crippen LogP) is 3.32. The summed E-state index contributed by atoms with van der Waals surface area (Å²) in [6.07, 6.45) is 0. The number of carbonyl (C=O) groups is 2. The minimum atomic E-state index is -4.09. The molecule has 8 heteroatoms. The molecule has 0 saturated heterocycles. The predicted molar refractivity (Wildman–Crippen MR) is 116 cm³/mol. The number of ketones is 1. The van der Waals surface area contributed by atoms with E-state index in [9.17, 15) is 22.4 Å². The van der Waals surface area contributed by atoms with Crippen LogP contribution in [0, 0.1) is 12.7 Å². The van der Waals surface area contributed by atoms with Crippen LogP contribution >= 0.6 is 0 Å². The molecular formula is C23H21FN2O4S. The molecule has 0 atom stereocenters. The van der Waals surface area contributed by atoms with Crippen LogP contribution in [0.15, 0.2) is 71.6 Å². The minimum Gasteiger partial charge on any atom is -0.355 e. The van der Waals surface area contributed by atoms with Crippen LogP contribution in [-0.2, 0) is 10.0 Å². The van der Waals surface area contributed by atoms with Gasteiger partial charge in [-0.15, -0.1) is 0 Å². The molecule has 0 saturated carbocycles. The molecule has 1 amide bonds. The van der Waals surface area contributed by atoms with Crippen LogP contribution in [0.1, 0.15) is 26.3 Å². The summed E-state index contributed by atoms with van der Waals surface area (Å²) in [6.45, 7) is 0.925.